The van der Waals surface area contributed by atoms with Crippen molar-refractivity contribution in [1.82, 2.24) is 10.2 Å². The monoisotopic (exact) mass is 304 g/mol. The van der Waals surface area contributed by atoms with Crippen LogP contribution in [0.2, 0.25) is 0 Å². The highest BCUT2D eigenvalue weighted by Gasteiger charge is 2.21. The molecule has 1 heterocycles. The van der Waals surface area contributed by atoms with E-state index in [4.69, 9.17) is 4.74 Å². The van der Waals surface area contributed by atoms with Gasteiger partial charge in [0.15, 0.2) is 0 Å². The van der Waals surface area contributed by atoms with Gasteiger partial charge in [0.25, 0.3) is 5.91 Å². The SMILES string of the molecule is COCc1cccc(C(=O)NCCN2C[C@H](C)C[C@@H](C)C2)c1. The van der Waals surface area contributed by atoms with Crippen LogP contribution in [0.25, 0.3) is 0 Å². The molecule has 1 aromatic carbocycles. The number of piperidine rings is 1. The maximum atomic E-state index is 12.2. The van der Waals surface area contributed by atoms with Gasteiger partial charge in [-0.25, -0.2) is 0 Å². The second-order valence-electron chi connectivity index (χ2n) is 6.59. The molecule has 2 rings (SSSR count). The Kier molecular flexibility index (Phi) is 6.40. The zero-order chi connectivity index (χ0) is 15.9. The molecule has 1 aliphatic rings. The Morgan fingerprint density at radius 3 is 2.73 bits per heavy atom. The molecule has 0 aromatic heterocycles. The number of carbonyl (C=O) groups excluding carboxylic acids is 1. The van der Waals surface area contributed by atoms with Gasteiger partial charge in [0, 0.05) is 38.9 Å². The molecule has 1 amide bonds. The van der Waals surface area contributed by atoms with Crippen molar-refractivity contribution < 1.29 is 9.53 Å². The van der Waals surface area contributed by atoms with Gasteiger partial charge >= 0.3 is 0 Å². The van der Waals surface area contributed by atoms with Gasteiger partial charge in [0.05, 0.1) is 6.61 Å². The van der Waals surface area contributed by atoms with Crippen molar-refractivity contribution >= 4 is 5.91 Å². The number of rotatable bonds is 6. The molecule has 2 atom stereocenters. The molecule has 0 bridgehead atoms. The van der Waals surface area contributed by atoms with Crippen LogP contribution in [-0.2, 0) is 11.3 Å². The van der Waals surface area contributed by atoms with Crippen molar-refractivity contribution in [3.8, 4) is 0 Å². The van der Waals surface area contributed by atoms with E-state index in [2.05, 4.69) is 24.1 Å². The van der Waals surface area contributed by atoms with E-state index in [1.165, 1.54) is 6.42 Å². The summed E-state index contributed by atoms with van der Waals surface area (Å²) in [5.74, 6) is 1.51. The Bertz CT molecular complexity index is 480. The minimum atomic E-state index is -0.00365. The average Bonchev–Trinajstić information content (AvgIpc) is 2.47. The predicted molar refractivity (Wildman–Crippen MR) is 88.9 cm³/mol. The first-order chi connectivity index (χ1) is 10.6. The van der Waals surface area contributed by atoms with Crippen LogP contribution < -0.4 is 5.32 Å². The number of amides is 1. The van der Waals surface area contributed by atoms with E-state index in [0.717, 1.165) is 37.0 Å². The summed E-state index contributed by atoms with van der Waals surface area (Å²) < 4.78 is 5.10. The number of carbonyl (C=O) groups is 1. The number of hydrogen-bond donors (Lipinski definition) is 1. The Balaban J connectivity index is 1.79. The normalized spacial score (nSPS) is 22.5. The van der Waals surface area contributed by atoms with Crippen molar-refractivity contribution in [2.75, 3.05) is 33.3 Å². The molecule has 4 nitrogen and oxygen atoms in total. The molecule has 0 unspecified atom stereocenters. The van der Waals surface area contributed by atoms with Crippen LogP contribution in [0.4, 0.5) is 0 Å². The third-order valence-corrected chi connectivity index (χ3v) is 4.16. The van der Waals surface area contributed by atoms with Gasteiger partial charge in [-0.05, 0) is 36.0 Å². The number of methoxy groups -OCH3 is 1. The van der Waals surface area contributed by atoms with E-state index in [1.54, 1.807) is 7.11 Å². The summed E-state index contributed by atoms with van der Waals surface area (Å²) in [6.45, 7) is 9.06. The summed E-state index contributed by atoms with van der Waals surface area (Å²) >= 11 is 0. The molecule has 1 saturated heterocycles. The Hall–Kier alpha value is -1.39. The fourth-order valence-corrected chi connectivity index (χ4v) is 3.37. The highest BCUT2D eigenvalue weighted by atomic mass is 16.5. The lowest BCUT2D eigenvalue weighted by molar-refractivity contribution is 0.0936. The number of likely N-dealkylation sites (tertiary alicyclic amines) is 1. The van der Waals surface area contributed by atoms with Crippen LogP contribution in [0.5, 0.6) is 0 Å². The van der Waals surface area contributed by atoms with Gasteiger partial charge in [-0.1, -0.05) is 26.0 Å². The molecule has 0 saturated carbocycles. The lowest BCUT2D eigenvalue weighted by Crippen LogP contribution is -2.42. The minimum Gasteiger partial charge on any atom is -0.380 e. The number of hydrogen-bond acceptors (Lipinski definition) is 3. The molecule has 122 valence electrons. The highest BCUT2D eigenvalue weighted by Crippen LogP contribution is 2.20. The lowest BCUT2D eigenvalue weighted by atomic mass is 9.92. The molecule has 0 aliphatic carbocycles. The molecular weight excluding hydrogens is 276 g/mol. The summed E-state index contributed by atoms with van der Waals surface area (Å²) in [6.07, 6.45) is 1.31. The van der Waals surface area contributed by atoms with E-state index in [9.17, 15) is 4.79 Å². The minimum absolute atomic E-state index is 0.00365. The molecule has 1 aliphatic heterocycles. The number of nitrogens with one attached hydrogen (secondary N) is 1. The zero-order valence-corrected chi connectivity index (χ0v) is 14.0. The van der Waals surface area contributed by atoms with Crippen molar-refractivity contribution in [2.45, 2.75) is 26.9 Å². The molecule has 22 heavy (non-hydrogen) atoms. The van der Waals surface area contributed by atoms with E-state index in [-0.39, 0.29) is 5.91 Å². The van der Waals surface area contributed by atoms with Crippen LogP contribution in [0, 0.1) is 11.8 Å². The summed E-state index contributed by atoms with van der Waals surface area (Å²) in [4.78, 5) is 14.7. The first kappa shape index (κ1) is 17.0. The standard InChI is InChI=1S/C18H28N2O2/c1-14-9-15(2)12-20(11-14)8-7-19-18(21)17-6-4-5-16(10-17)13-22-3/h4-6,10,14-15H,7-9,11-13H2,1-3H3,(H,19,21)/t14-,15-/m1/s1. The first-order valence-corrected chi connectivity index (χ1v) is 8.17. The Morgan fingerprint density at radius 1 is 1.32 bits per heavy atom. The summed E-state index contributed by atoms with van der Waals surface area (Å²) in [7, 11) is 1.66. The first-order valence-electron chi connectivity index (χ1n) is 8.17. The quantitative estimate of drug-likeness (QED) is 0.878. The molecule has 1 fully saturated rings. The van der Waals surface area contributed by atoms with Crippen LogP contribution >= 0.6 is 0 Å². The van der Waals surface area contributed by atoms with E-state index in [0.29, 0.717) is 18.7 Å². The Labute approximate surface area is 133 Å². The number of benzene rings is 1. The summed E-state index contributed by atoms with van der Waals surface area (Å²) in [5.41, 5.74) is 1.73. The predicted octanol–water partition coefficient (Wildman–Crippen LogP) is 2.54. The molecule has 0 radical (unpaired) electrons. The maximum Gasteiger partial charge on any atom is 0.251 e. The third kappa shape index (κ3) is 5.11. The van der Waals surface area contributed by atoms with E-state index in [1.807, 2.05) is 24.3 Å². The van der Waals surface area contributed by atoms with E-state index < -0.39 is 0 Å². The number of ether oxygens (including phenoxy) is 1. The fourth-order valence-electron chi connectivity index (χ4n) is 3.37. The van der Waals surface area contributed by atoms with Gasteiger partial charge in [-0.3, -0.25) is 4.79 Å². The van der Waals surface area contributed by atoms with Gasteiger partial charge < -0.3 is 15.0 Å². The summed E-state index contributed by atoms with van der Waals surface area (Å²) in [5, 5.41) is 3.02. The van der Waals surface area contributed by atoms with Gasteiger partial charge in [0.1, 0.15) is 0 Å². The number of nitrogens with zero attached hydrogens (tertiary/aromatic N) is 1. The lowest BCUT2D eigenvalue weighted by Gasteiger charge is -2.34. The van der Waals surface area contributed by atoms with Crippen molar-refractivity contribution in [3.63, 3.8) is 0 Å². The van der Waals surface area contributed by atoms with Crippen molar-refractivity contribution in [3.05, 3.63) is 35.4 Å². The van der Waals surface area contributed by atoms with Crippen molar-refractivity contribution in [2.24, 2.45) is 11.8 Å². The topological polar surface area (TPSA) is 41.6 Å². The van der Waals surface area contributed by atoms with Gasteiger partial charge in [-0.2, -0.15) is 0 Å². The zero-order valence-electron chi connectivity index (χ0n) is 14.0. The van der Waals surface area contributed by atoms with Crippen LogP contribution in [-0.4, -0.2) is 44.1 Å². The maximum absolute atomic E-state index is 12.2. The van der Waals surface area contributed by atoms with Crippen LogP contribution in [0.3, 0.4) is 0 Å². The second kappa shape index (κ2) is 8.30. The van der Waals surface area contributed by atoms with Crippen LogP contribution in [0.1, 0.15) is 36.2 Å². The Morgan fingerprint density at radius 2 is 2.05 bits per heavy atom. The largest absolute Gasteiger partial charge is 0.380 e. The highest BCUT2D eigenvalue weighted by molar-refractivity contribution is 5.94. The fraction of sp³-hybridized carbons (Fsp3) is 0.611. The molecular formula is C18H28N2O2. The summed E-state index contributed by atoms with van der Waals surface area (Å²) in [6, 6.07) is 7.61. The third-order valence-electron chi connectivity index (χ3n) is 4.16. The van der Waals surface area contributed by atoms with E-state index >= 15 is 0 Å². The van der Waals surface area contributed by atoms with Crippen LogP contribution in [0.15, 0.2) is 24.3 Å². The second-order valence-corrected chi connectivity index (χ2v) is 6.59. The smallest absolute Gasteiger partial charge is 0.251 e. The molecule has 4 heteroatoms. The molecule has 1 aromatic rings. The van der Waals surface area contributed by atoms with Gasteiger partial charge in [-0.15, -0.1) is 0 Å². The molecule has 0 spiro atoms. The van der Waals surface area contributed by atoms with Gasteiger partial charge in [0.2, 0.25) is 0 Å². The molecule has 1 N–H and O–H groups in total. The van der Waals surface area contributed by atoms with Crippen molar-refractivity contribution in [1.29, 1.82) is 0 Å². The average molecular weight is 304 g/mol.